The van der Waals surface area contributed by atoms with Gasteiger partial charge in [-0.3, -0.25) is 4.79 Å². The molecule has 1 fully saturated rings. The van der Waals surface area contributed by atoms with Crippen LogP contribution >= 0.6 is 11.6 Å². The highest BCUT2D eigenvalue weighted by atomic mass is 35.5. The van der Waals surface area contributed by atoms with Crippen molar-refractivity contribution in [2.24, 2.45) is 0 Å². The molecule has 0 aliphatic carbocycles. The van der Waals surface area contributed by atoms with Crippen molar-refractivity contribution in [2.45, 2.75) is 6.18 Å². The molecule has 0 spiro atoms. The van der Waals surface area contributed by atoms with E-state index in [9.17, 15) is 22.8 Å². The Bertz CT molecular complexity index is 572. The summed E-state index contributed by atoms with van der Waals surface area (Å²) in [6.07, 6.45) is -3.82. The first kappa shape index (κ1) is 16.4. The fraction of sp³-hybridized carbons (Fsp3) is 0.385. The van der Waals surface area contributed by atoms with Crippen LogP contribution in [-0.2, 0) is 11.0 Å². The zero-order chi connectivity index (χ0) is 16.3. The van der Waals surface area contributed by atoms with Crippen molar-refractivity contribution in [2.75, 3.05) is 31.5 Å². The van der Waals surface area contributed by atoms with Gasteiger partial charge in [0.15, 0.2) is 0 Å². The van der Waals surface area contributed by atoms with Gasteiger partial charge < -0.3 is 15.1 Å². The van der Waals surface area contributed by atoms with Crippen molar-refractivity contribution >= 4 is 29.7 Å². The number of halogens is 4. The SMILES string of the molecule is O=CN1CCN(C(=O)Nc2cc(C(F)(F)F)ccc2Cl)CC1. The Hall–Kier alpha value is -1.96. The second-order valence-corrected chi connectivity index (χ2v) is 5.16. The second-order valence-electron chi connectivity index (χ2n) is 4.75. The largest absolute Gasteiger partial charge is 0.416 e. The van der Waals surface area contributed by atoms with Crippen LogP contribution in [0.15, 0.2) is 18.2 Å². The molecule has 1 N–H and O–H groups in total. The molecule has 0 unspecified atom stereocenters. The number of alkyl halides is 3. The first-order chi connectivity index (χ1) is 10.3. The molecule has 1 heterocycles. The summed E-state index contributed by atoms with van der Waals surface area (Å²) in [5, 5.41) is 2.39. The summed E-state index contributed by atoms with van der Waals surface area (Å²) in [6.45, 7) is 1.38. The van der Waals surface area contributed by atoms with Crippen molar-refractivity contribution < 1.29 is 22.8 Å². The lowest BCUT2D eigenvalue weighted by atomic mass is 10.2. The minimum absolute atomic E-state index is 0.0212. The highest BCUT2D eigenvalue weighted by molar-refractivity contribution is 6.33. The van der Waals surface area contributed by atoms with Crippen molar-refractivity contribution in [3.8, 4) is 0 Å². The summed E-state index contributed by atoms with van der Waals surface area (Å²) in [7, 11) is 0. The lowest BCUT2D eigenvalue weighted by Crippen LogP contribution is -2.49. The van der Waals surface area contributed by atoms with Gasteiger partial charge in [0.2, 0.25) is 6.41 Å². The van der Waals surface area contributed by atoms with Crippen LogP contribution in [0.2, 0.25) is 5.02 Å². The van der Waals surface area contributed by atoms with Crippen LogP contribution in [0.3, 0.4) is 0 Å². The number of nitrogens with zero attached hydrogens (tertiary/aromatic N) is 2. The summed E-state index contributed by atoms with van der Waals surface area (Å²) < 4.78 is 38.0. The van der Waals surface area contributed by atoms with Gasteiger partial charge >= 0.3 is 12.2 Å². The Balaban J connectivity index is 2.07. The molecule has 1 aliphatic heterocycles. The van der Waals surface area contributed by atoms with Gasteiger partial charge in [0.25, 0.3) is 0 Å². The highest BCUT2D eigenvalue weighted by Crippen LogP contribution is 2.33. The van der Waals surface area contributed by atoms with Crippen molar-refractivity contribution in [3.63, 3.8) is 0 Å². The maximum Gasteiger partial charge on any atom is 0.416 e. The number of carbonyl (C=O) groups excluding carboxylic acids is 2. The normalized spacial score (nSPS) is 15.6. The van der Waals surface area contributed by atoms with Gasteiger partial charge in [0, 0.05) is 26.2 Å². The van der Waals surface area contributed by atoms with Crippen LogP contribution < -0.4 is 5.32 Å². The van der Waals surface area contributed by atoms with Gasteiger partial charge in [-0.2, -0.15) is 13.2 Å². The third-order valence-electron chi connectivity index (χ3n) is 3.29. The number of nitrogens with one attached hydrogen (secondary N) is 1. The molecule has 1 aliphatic rings. The van der Waals surface area contributed by atoms with Crippen LogP contribution in [0.1, 0.15) is 5.56 Å². The highest BCUT2D eigenvalue weighted by Gasteiger charge is 2.31. The average Bonchev–Trinajstić information content (AvgIpc) is 2.48. The second kappa shape index (κ2) is 6.43. The molecular weight excluding hydrogens is 323 g/mol. The molecule has 1 aromatic rings. The van der Waals surface area contributed by atoms with Gasteiger partial charge in [0.1, 0.15) is 0 Å². The lowest BCUT2D eigenvalue weighted by molar-refractivity contribution is -0.137. The molecule has 0 saturated carbocycles. The van der Waals surface area contributed by atoms with Crippen LogP contribution in [0.25, 0.3) is 0 Å². The predicted molar refractivity (Wildman–Crippen MR) is 74.7 cm³/mol. The number of hydrogen-bond donors (Lipinski definition) is 1. The molecule has 0 aromatic heterocycles. The molecule has 0 radical (unpaired) electrons. The van der Waals surface area contributed by atoms with Gasteiger partial charge in [-0.25, -0.2) is 4.79 Å². The van der Waals surface area contributed by atoms with E-state index in [4.69, 9.17) is 11.6 Å². The van der Waals surface area contributed by atoms with Crippen molar-refractivity contribution in [1.29, 1.82) is 0 Å². The van der Waals surface area contributed by atoms with E-state index >= 15 is 0 Å². The summed E-state index contributed by atoms with van der Waals surface area (Å²) in [4.78, 5) is 25.6. The van der Waals surface area contributed by atoms with Gasteiger partial charge in [-0.15, -0.1) is 0 Å². The van der Waals surface area contributed by atoms with E-state index in [1.54, 1.807) is 0 Å². The number of amides is 3. The summed E-state index contributed by atoms with van der Waals surface area (Å²) in [5.41, 5.74) is -0.989. The number of carbonyl (C=O) groups is 2. The molecule has 1 saturated heterocycles. The fourth-order valence-corrected chi connectivity index (χ4v) is 2.19. The molecule has 22 heavy (non-hydrogen) atoms. The fourth-order valence-electron chi connectivity index (χ4n) is 2.02. The minimum atomic E-state index is -4.51. The topological polar surface area (TPSA) is 52.7 Å². The zero-order valence-corrected chi connectivity index (χ0v) is 12.1. The number of urea groups is 1. The Labute approximate surface area is 129 Å². The molecule has 0 atom stereocenters. The molecule has 3 amide bonds. The van der Waals surface area contributed by atoms with Gasteiger partial charge in [-0.1, -0.05) is 11.6 Å². The van der Waals surface area contributed by atoms with E-state index in [0.29, 0.717) is 32.6 Å². The maximum absolute atomic E-state index is 12.7. The van der Waals surface area contributed by atoms with Crippen molar-refractivity contribution in [1.82, 2.24) is 9.80 Å². The third-order valence-corrected chi connectivity index (χ3v) is 3.62. The monoisotopic (exact) mass is 335 g/mol. The lowest BCUT2D eigenvalue weighted by Gasteiger charge is -2.32. The number of hydrogen-bond acceptors (Lipinski definition) is 2. The Morgan fingerprint density at radius 1 is 1.23 bits per heavy atom. The van der Waals surface area contributed by atoms with Crippen LogP contribution in [0.4, 0.5) is 23.7 Å². The van der Waals surface area contributed by atoms with Gasteiger partial charge in [-0.05, 0) is 18.2 Å². The molecule has 0 bridgehead atoms. The summed E-state index contributed by atoms with van der Waals surface area (Å²) >= 11 is 5.82. The Kier molecular flexibility index (Phi) is 4.80. The molecule has 1 aromatic carbocycles. The Morgan fingerprint density at radius 3 is 2.41 bits per heavy atom. The molecule has 2 rings (SSSR count). The number of benzene rings is 1. The predicted octanol–water partition coefficient (Wildman–Crippen LogP) is 2.66. The number of anilines is 1. The maximum atomic E-state index is 12.7. The Morgan fingerprint density at radius 2 is 1.86 bits per heavy atom. The van der Waals surface area contributed by atoms with Crippen LogP contribution in [0, 0.1) is 0 Å². The minimum Gasteiger partial charge on any atom is -0.342 e. The molecular formula is C13H13ClF3N3O2. The zero-order valence-electron chi connectivity index (χ0n) is 11.4. The van der Waals surface area contributed by atoms with Crippen LogP contribution in [-0.4, -0.2) is 48.4 Å². The molecule has 5 nitrogen and oxygen atoms in total. The van der Waals surface area contributed by atoms with Crippen LogP contribution in [0.5, 0.6) is 0 Å². The first-order valence-corrected chi connectivity index (χ1v) is 6.81. The van der Waals surface area contributed by atoms with E-state index in [0.717, 1.165) is 18.2 Å². The standard InChI is InChI=1S/C13H13ClF3N3O2/c14-10-2-1-9(13(15,16)17)7-11(10)18-12(22)20-5-3-19(8-21)4-6-20/h1-2,7-8H,3-6H2,(H,18,22). The molecule has 9 heteroatoms. The third kappa shape index (κ3) is 3.82. The van der Waals surface area contributed by atoms with E-state index in [1.165, 1.54) is 9.80 Å². The van der Waals surface area contributed by atoms with E-state index < -0.39 is 17.8 Å². The first-order valence-electron chi connectivity index (χ1n) is 6.43. The summed E-state index contributed by atoms with van der Waals surface area (Å²) in [6, 6.07) is 2.18. The van der Waals surface area contributed by atoms with Gasteiger partial charge in [0.05, 0.1) is 16.3 Å². The number of rotatable bonds is 2. The average molecular weight is 336 g/mol. The number of piperazine rings is 1. The molecule has 120 valence electrons. The van der Waals surface area contributed by atoms with E-state index in [2.05, 4.69) is 5.32 Å². The quantitative estimate of drug-likeness (QED) is 0.845. The summed E-state index contributed by atoms with van der Waals surface area (Å²) in [5.74, 6) is 0. The van der Waals surface area contributed by atoms with E-state index in [-0.39, 0.29) is 10.7 Å². The van der Waals surface area contributed by atoms with Crippen molar-refractivity contribution in [3.05, 3.63) is 28.8 Å². The smallest absolute Gasteiger partial charge is 0.342 e. The van der Waals surface area contributed by atoms with E-state index in [1.807, 2.05) is 0 Å².